The number of rotatable bonds is 5. The third-order valence-electron chi connectivity index (χ3n) is 3.09. The van der Waals surface area contributed by atoms with Crippen molar-refractivity contribution in [1.29, 1.82) is 0 Å². The predicted molar refractivity (Wildman–Crippen MR) is 89.7 cm³/mol. The summed E-state index contributed by atoms with van der Waals surface area (Å²) in [6.45, 7) is -0.366. The van der Waals surface area contributed by atoms with E-state index in [9.17, 15) is 9.18 Å². The summed E-state index contributed by atoms with van der Waals surface area (Å²) in [6.07, 6.45) is 1.35. The van der Waals surface area contributed by atoms with Crippen molar-refractivity contribution >= 4 is 34.8 Å². The average Bonchev–Trinajstić information content (AvgIpc) is 3.12. The van der Waals surface area contributed by atoms with E-state index < -0.39 is 11.7 Å². The van der Waals surface area contributed by atoms with Crippen LogP contribution in [0.25, 0.3) is 5.69 Å². The van der Waals surface area contributed by atoms with Gasteiger partial charge in [0.1, 0.15) is 17.9 Å². The van der Waals surface area contributed by atoms with Gasteiger partial charge in [0.25, 0.3) is 5.91 Å². The Morgan fingerprint density at radius 1 is 1.24 bits per heavy atom. The Morgan fingerprint density at radius 3 is 2.84 bits per heavy atom. The Balaban J connectivity index is 1.68. The Kier molecular flexibility index (Phi) is 5.11. The minimum atomic E-state index is -0.606. The Morgan fingerprint density at radius 2 is 2.08 bits per heavy atom. The van der Waals surface area contributed by atoms with Gasteiger partial charge in [0.15, 0.2) is 6.61 Å². The minimum Gasteiger partial charge on any atom is -0.482 e. The van der Waals surface area contributed by atoms with Crippen molar-refractivity contribution in [3.05, 3.63) is 58.6 Å². The maximum Gasteiger partial charge on any atom is 0.262 e. The summed E-state index contributed by atoms with van der Waals surface area (Å²) in [5, 5.41) is 13.8. The van der Waals surface area contributed by atoms with Crippen molar-refractivity contribution in [2.24, 2.45) is 0 Å². The summed E-state index contributed by atoms with van der Waals surface area (Å²) in [4.78, 5) is 12.0. The lowest BCUT2D eigenvalue weighted by Gasteiger charge is -2.10. The largest absolute Gasteiger partial charge is 0.482 e. The van der Waals surface area contributed by atoms with Gasteiger partial charge >= 0.3 is 0 Å². The number of anilines is 1. The van der Waals surface area contributed by atoms with E-state index in [0.29, 0.717) is 15.7 Å². The fourth-order valence-corrected chi connectivity index (χ4v) is 2.28. The molecule has 2 aromatic carbocycles. The highest BCUT2D eigenvalue weighted by atomic mass is 35.5. The minimum absolute atomic E-state index is 0.0289. The van der Waals surface area contributed by atoms with Crippen LogP contribution in [-0.2, 0) is 4.79 Å². The van der Waals surface area contributed by atoms with Gasteiger partial charge in [-0.2, -0.15) is 0 Å². The number of tetrazole rings is 1. The van der Waals surface area contributed by atoms with Gasteiger partial charge in [-0.15, -0.1) is 5.10 Å². The van der Waals surface area contributed by atoms with E-state index in [1.165, 1.54) is 35.3 Å². The number of amides is 1. The third kappa shape index (κ3) is 4.23. The smallest absolute Gasteiger partial charge is 0.262 e. The number of nitrogens with zero attached hydrogens (tertiary/aromatic N) is 4. The second-order valence-corrected chi connectivity index (χ2v) is 5.67. The zero-order chi connectivity index (χ0) is 17.8. The quantitative estimate of drug-likeness (QED) is 0.733. The van der Waals surface area contributed by atoms with Crippen molar-refractivity contribution in [3.63, 3.8) is 0 Å². The molecular formula is C15H10Cl2FN5O2. The molecule has 0 atom stereocenters. The molecule has 1 amide bonds. The molecule has 128 valence electrons. The molecule has 7 nitrogen and oxygen atoms in total. The number of halogens is 3. The lowest BCUT2D eigenvalue weighted by molar-refractivity contribution is -0.118. The van der Waals surface area contributed by atoms with Crippen molar-refractivity contribution in [2.75, 3.05) is 11.9 Å². The molecule has 10 heteroatoms. The van der Waals surface area contributed by atoms with E-state index in [1.54, 1.807) is 12.1 Å². The number of hydrogen-bond donors (Lipinski definition) is 1. The zero-order valence-corrected chi connectivity index (χ0v) is 14.0. The Labute approximate surface area is 151 Å². The summed E-state index contributed by atoms with van der Waals surface area (Å²) in [7, 11) is 0. The number of benzene rings is 2. The summed E-state index contributed by atoms with van der Waals surface area (Å²) >= 11 is 11.8. The first-order valence-corrected chi connectivity index (χ1v) is 7.69. The lowest BCUT2D eigenvalue weighted by atomic mass is 10.2. The van der Waals surface area contributed by atoms with Gasteiger partial charge in [-0.1, -0.05) is 23.2 Å². The molecule has 0 bridgehead atoms. The Hall–Kier alpha value is -2.71. The van der Waals surface area contributed by atoms with Crippen LogP contribution in [-0.4, -0.2) is 32.7 Å². The van der Waals surface area contributed by atoms with Gasteiger partial charge in [-0.3, -0.25) is 4.79 Å². The molecule has 0 saturated carbocycles. The summed E-state index contributed by atoms with van der Waals surface area (Å²) in [6, 6.07) is 8.69. The number of ether oxygens (including phenoxy) is 1. The van der Waals surface area contributed by atoms with Crippen molar-refractivity contribution in [1.82, 2.24) is 20.2 Å². The molecule has 0 aliphatic carbocycles. The molecule has 1 N–H and O–H groups in total. The second kappa shape index (κ2) is 7.45. The second-order valence-electron chi connectivity index (χ2n) is 4.83. The topological polar surface area (TPSA) is 81.9 Å². The first kappa shape index (κ1) is 17.1. The van der Waals surface area contributed by atoms with Crippen LogP contribution >= 0.6 is 23.2 Å². The zero-order valence-electron chi connectivity index (χ0n) is 12.5. The van der Waals surface area contributed by atoms with Crippen LogP contribution < -0.4 is 10.1 Å². The van der Waals surface area contributed by atoms with Crippen LogP contribution in [0.4, 0.5) is 10.1 Å². The molecule has 0 saturated heterocycles. The number of carbonyl (C=O) groups excluding carboxylic acids is 1. The van der Waals surface area contributed by atoms with Crippen LogP contribution in [0.2, 0.25) is 10.0 Å². The Bertz CT molecular complexity index is 905. The predicted octanol–water partition coefficient (Wildman–Crippen LogP) is 3.13. The SMILES string of the molecule is O=C(COc1cc(Cl)ccc1Cl)Nc1cc(-n2cnnn2)ccc1F. The van der Waals surface area contributed by atoms with Crippen molar-refractivity contribution < 1.29 is 13.9 Å². The summed E-state index contributed by atoms with van der Waals surface area (Å²) < 4.78 is 20.5. The molecule has 0 aliphatic rings. The van der Waals surface area contributed by atoms with E-state index in [2.05, 4.69) is 20.8 Å². The summed E-state index contributed by atoms with van der Waals surface area (Å²) in [5.74, 6) is -0.915. The normalized spacial score (nSPS) is 10.5. The maximum absolute atomic E-state index is 13.9. The van der Waals surface area contributed by atoms with Crippen molar-refractivity contribution in [3.8, 4) is 11.4 Å². The van der Waals surface area contributed by atoms with Gasteiger partial charge in [0.05, 0.1) is 16.4 Å². The number of carbonyl (C=O) groups is 1. The van der Waals surface area contributed by atoms with Gasteiger partial charge in [-0.25, -0.2) is 9.07 Å². The maximum atomic E-state index is 13.9. The van der Waals surface area contributed by atoms with Gasteiger partial charge in [-0.05, 0) is 40.8 Å². The lowest BCUT2D eigenvalue weighted by Crippen LogP contribution is -2.21. The molecule has 0 aliphatic heterocycles. The highest BCUT2D eigenvalue weighted by Gasteiger charge is 2.11. The first-order valence-electron chi connectivity index (χ1n) is 6.93. The highest BCUT2D eigenvalue weighted by molar-refractivity contribution is 6.34. The van der Waals surface area contributed by atoms with E-state index >= 15 is 0 Å². The molecule has 0 radical (unpaired) electrons. The number of hydrogen-bond acceptors (Lipinski definition) is 5. The van der Waals surface area contributed by atoms with E-state index in [0.717, 1.165) is 0 Å². The van der Waals surface area contributed by atoms with E-state index in [1.807, 2.05) is 0 Å². The number of nitrogens with one attached hydrogen (secondary N) is 1. The molecule has 3 aromatic rings. The molecule has 0 spiro atoms. The molecule has 0 unspecified atom stereocenters. The van der Waals surface area contributed by atoms with Gasteiger partial charge in [0, 0.05) is 11.1 Å². The van der Waals surface area contributed by atoms with Crippen molar-refractivity contribution in [2.45, 2.75) is 0 Å². The molecule has 1 heterocycles. The fourth-order valence-electron chi connectivity index (χ4n) is 1.95. The molecule has 0 fully saturated rings. The van der Waals surface area contributed by atoms with Crippen LogP contribution in [0.5, 0.6) is 5.75 Å². The monoisotopic (exact) mass is 381 g/mol. The van der Waals surface area contributed by atoms with Gasteiger partial charge in [0.2, 0.25) is 0 Å². The standard InChI is InChI=1S/C15H10Cl2FN5O2/c16-9-1-3-11(17)14(5-9)25-7-15(24)20-13-6-10(2-4-12(13)18)23-8-19-21-22-23/h1-6,8H,7H2,(H,20,24). The number of aromatic nitrogens is 4. The first-order chi connectivity index (χ1) is 12.0. The molecule has 3 rings (SSSR count). The van der Waals surface area contributed by atoms with Crippen LogP contribution in [0, 0.1) is 5.82 Å². The average molecular weight is 382 g/mol. The van der Waals surface area contributed by atoms with Crippen LogP contribution in [0.1, 0.15) is 0 Å². The highest BCUT2D eigenvalue weighted by Crippen LogP contribution is 2.27. The van der Waals surface area contributed by atoms with Gasteiger partial charge < -0.3 is 10.1 Å². The molecule has 1 aromatic heterocycles. The summed E-state index contributed by atoms with van der Waals surface area (Å²) in [5.41, 5.74) is 0.458. The van der Waals surface area contributed by atoms with E-state index in [4.69, 9.17) is 27.9 Å². The fraction of sp³-hybridized carbons (Fsp3) is 0.0667. The van der Waals surface area contributed by atoms with Crippen LogP contribution in [0.15, 0.2) is 42.7 Å². The van der Waals surface area contributed by atoms with E-state index in [-0.39, 0.29) is 18.0 Å². The molecule has 25 heavy (non-hydrogen) atoms. The molecular weight excluding hydrogens is 372 g/mol. The third-order valence-corrected chi connectivity index (χ3v) is 3.64. The van der Waals surface area contributed by atoms with Crippen LogP contribution in [0.3, 0.4) is 0 Å².